The van der Waals surface area contributed by atoms with E-state index in [0.717, 1.165) is 16.1 Å². The molecule has 13 heteroatoms. The molecule has 4 aromatic rings. The molecule has 1 saturated heterocycles. The number of hydrogen-bond donors (Lipinski definition) is 1. The molecule has 3 aromatic heterocycles. The van der Waals surface area contributed by atoms with Crippen molar-refractivity contribution >= 4 is 32.7 Å². The summed E-state index contributed by atoms with van der Waals surface area (Å²) in [6.45, 7) is -0.180. The number of carbonyl (C=O) groups is 1. The Balaban J connectivity index is 1.53. The van der Waals surface area contributed by atoms with E-state index >= 15 is 0 Å². The SMILES string of the molecule is CS(=O)(=O)N1CCN(c2nc(-c3nnc(Cc4ccc(F)cc4)o3)c(O)c3ncccc23)C(=O)C1. The smallest absolute Gasteiger partial charge is 0.270 e. The first-order valence-electron chi connectivity index (χ1n) is 10.5. The Morgan fingerprint density at radius 3 is 2.63 bits per heavy atom. The van der Waals surface area contributed by atoms with Gasteiger partial charge < -0.3 is 9.52 Å². The van der Waals surface area contributed by atoms with E-state index < -0.39 is 15.9 Å². The zero-order valence-electron chi connectivity index (χ0n) is 18.4. The van der Waals surface area contributed by atoms with Crippen molar-refractivity contribution in [2.75, 3.05) is 30.8 Å². The number of sulfonamides is 1. The fraction of sp³-hybridized carbons (Fsp3) is 0.227. The molecule has 1 aromatic carbocycles. The molecule has 4 heterocycles. The molecule has 0 spiro atoms. The quantitative estimate of drug-likeness (QED) is 0.435. The highest BCUT2D eigenvalue weighted by Gasteiger charge is 2.33. The first kappa shape index (κ1) is 22.8. The zero-order valence-corrected chi connectivity index (χ0v) is 19.2. The normalized spacial score (nSPS) is 15.1. The van der Waals surface area contributed by atoms with Crippen LogP contribution >= 0.6 is 0 Å². The molecule has 1 aliphatic heterocycles. The van der Waals surface area contributed by atoms with Crippen molar-refractivity contribution in [3.05, 3.63) is 59.9 Å². The van der Waals surface area contributed by atoms with Gasteiger partial charge in [0.1, 0.15) is 17.2 Å². The van der Waals surface area contributed by atoms with E-state index in [1.54, 1.807) is 24.3 Å². The van der Waals surface area contributed by atoms with Crippen LogP contribution in [0, 0.1) is 5.82 Å². The van der Waals surface area contributed by atoms with Crippen LogP contribution in [0.15, 0.2) is 47.0 Å². The van der Waals surface area contributed by atoms with Gasteiger partial charge in [-0.1, -0.05) is 12.1 Å². The van der Waals surface area contributed by atoms with Crippen LogP contribution in [0.3, 0.4) is 0 Å². The number of rotatable bonds is 5. The van der Waals surface area contributed by atoms with Crippen LogP contribution in [0.2, 0.25) is 0 Å². The molecule has 5 rings (SSSR count). The molecule has 180 valence electrons. The molecule has 0 radical (unpaired) electrons. The highest BCUT2D eigenvalue weighted by Crippen LogP contribution is 2.37. The average molecular weight is 498 g/mol. The average Bonchev–Trinajstić information content (AvgIpc) is 3.29. The van der Waals surface area contributed by atoms with Crippen molar-refractivity contribution in [3.8, 4) is 17.3 Å². The largest absolute Gasteiger partial charge is 0.504 e. The third-order valence-corrected chi connectivity index (χ3v) is 6.81. The lowest BCUT2D eigenvalue weighted by atomic mass is 10.1. The van der Waals surface area contributed by atoms with Gasteiger partial charge in [0.25, 0.3) is 5.89 Å². The summed E-state index contributed by atoms with van der Waals surface area (Å²) >= 11 is 0. The van der Waals surface area contributed by atoms with E-state index in [4.69, 9.17) is 4.42 Å². The topological polar surface area (TPSA) is 143 Å². The van der Waals surface area contributed by atoms with Crippen molar-refractivity contribution in [1.29, 1.82) is 0 Å². The second-order valence-electron chi connectivity index (χ2n) is 7.98. The van der Waals surface area contributed by atoms with Gasteiger partial charge in [0.05, 0.1) is 19.2 Å². The third-order valence-electron chi connectivity index (χ3n) is 5.56. The van der Waals surface area contributed by atoms with Crippen molar-refractivity contribution in [1.82, 2.24) is 24.5 Å². The lowest BCUT2D eigenvalue weighted by Gasteiger charge is -2.32. The molecule has 0 aliphatic carbocycles. The zero-order chi connectivity index (χ0) is 24.7. The van der Waals surface area contributed by atoms with Crippen LogP contribution in [0.5, 0.6) is 5.75 Å². The Morgan fingerprint density at radius 1 is 1.14 bits per heavy atom. The summed E-state index contributed by atoms with van der Waals surface area (Å²) in [6.07, 6.45) is 2.76. The molecule has 0 bridgehead atoms. The predicted octanol–water partition coefficient (Wildman–Crippen LogP) is 1.72. The summed E-state index contributed by atoms with van der Waals surface area (Å²) in [4.78, 5) is 22.9. The number of nitrogens with zero attached hydrogens (tertiary/aromatic N) is 6. The standard InChI is InChI=1S/C22H19FN6O5S/c1-35(32,33)28-9-10-29(17(30)12-28)21-15-3-2-8-24-18(15)20(31)19(25-21)22-27-26-16(34-22)11-13-4-6-14(23)7-5-13/h2-8,31H,9-12H2,1H3. The molecule has 1 N–H and O–H groups in total. The van der Waals surface area contributed by atoms with Gasteiger partial charge in [-0.2, -0.15) is 4.31 Å². The van der Waals surface area contributed by atoms with E-state index in [2.05, 4.69) is 20.2 Å². The van der Waals surface area contributed by atoms with Gasteiger partial charge >= 0.3 is 0 Å². The minimum absolute atomic E-state index is 0.0623. The molecule has 1 amide bonds. The highest BCUT2D eigenvalue weighted by molar-refractivity contribution is 7.88. The van der Waals surface area contributed by atoms with Crippen LogP contribution < -0.4 is 4.90 Å². The maximum absolute atomic E-state index is 13.2. The Labute approximate surface area is 198 Å². The summed E-state index contributed by atoms with van der Waals surface area (Å²) in [5, 5.41) is 19.3. The molecule has 1 aliphatic rings. The van der Waals surface area contributed by atoms with Crippen molar-refractivity contribution in [3.63, 3.8) is 0 Å². The van der Waals surface area contributed by atoms with Gasteiger partial charge in [0, 0.05) is 24.7 Å². The first-order chi connectivity index (χ1) is 16.7. The number of amides is 1. The van der Waals surface area contributed by atoms with Gasteiger partial charge in [-0.15, -0.1) is 10.2 Å². The summed E-state index contributed by atoms with van der Waals surface area (Å²) < 4.78 is 43.7. The van der Waals surface area contributed by atoms with E-state index in [1.165, 1.54) is 23.2 Å². The maximum Gasteiger partial charge on any atom is 0.270 e. The van der Waals surface area contributed by atoms with Crippen LogP contribution in [-0.2, 0) is 21.2 Å². The fourth-order valence-electron chi connectivity index (χ4n) is 3.82. The van der Waals surface area contributed by atoms with Crippen LogP contribution in [0.1, 0.15) is 11.5 Å². The Bertz CT molecular complexity index is 1540. The molecule has 0 unspecified atom stereocenters. The van der Waals surface area contributed by atoms with Gasteiger partial charge in [-0.3, -0.25) is 14.7 Å². The number of pyridine rings is 2. The number of hydrogen-bond acceptors (Lipinski definition) is 9. The summed E-state index contributed by atoms with van der Waals surface area (Å²) in [6, 6.07) is 9.11. The molecule has 35 heavy (non-hydrogen) atoms. The number of aromatic hydroxyl groups is 1. The van der Waals surface area contributed by atoms with E-state index in [9.17, 15) is 22.7 Å². The fourth-order valence-corrected chi connectivity index (χ4v) is 4.58. The minimum atomic E-state index is -3.53. The number of aromatic nitrogens is 4. The molecule has 11 nitrogen and oxygen atoms in total. The second-order valence-corrected chi connectivity index (χ2v) is 9.96. The van der Waals surface area contributed by atoms with Gasteiger partial charge in [-0.25, -0.2) is 17.8 Å². The van der Waals surface area contributed by atoms with E-state index in [-0.39, 0.29) is 66.4 Å². The molecule has 1 fully saturated rings. The van der Waals surface area contributed by atoms with Gasteiger partial charge in [0.2, 0.25) is 21.8 Å². The van der Waals surface area contributed by atoms with Crippen molar-refractivity contribution < 1.29 is 27.1 Å². The number of anilines is 1. The lowest BCUT2D eigenvalue weighted by Crippen LogP contribution is -2.52. The Kier molecular flexibility index (Phi) is 5.65. The lowest BCUT2D eigenvalue weighted by molar-refractivity contribution is -0.120. The molecular formula is C22H19FN6O5S. The predicted molar refractivity (Wildman–Crippen MR) is 122 cm³/mol. The van der Waals surface area contributed by atoms with Crippen LogP contribution in [0.4, 0.5) is 10.2 Å². The number of halogens is 1. The van der Waals surface area contributed by atoms with Gasteiger partial charge in [0.15, 0.2) is 11.4 Å². The minimum Gasteiger partial charge on any atom is -0.504 e. The highest BCUT2D eigenvalue weighted by atomic mass is 32.2. The number of carbonyl (C=O) groups excluding carboxylic acids is 1. The van der Waals surface area contributed by atoms with Crippen molar-refractivity contribution in [2.45, 2.75) is 6.42 Å². The second kappa shape index (κ2) is 8.67. The Hall–Kier alpha value is -3.97. The summed E-state index contributed by atoms with van der Waals surface area (Å²) in [7, 11) is -3.53. The monoisotopic (exact) mass is 498 g/mol. The van der Waals surface area contributed by atoms with Crippen LogP contribution in [0.25, 0.3) is 22.5 Å². The van der Waals surface area contributed by atoms with Crippen LogP contribution in [-0.4, -0.2) is 69.8 Å². The summed E-state index contributed by atoms with van der Waals surface area (Å²) in [5.41, 5.74) is 0.848. The molecule has 0 atom stereocenters. The van der Waals surface area contributed by atoms with E-state index in [0.29, 0.717) is 5.39 Å². The molecule has 0 saturated carbocycles. The number of benzene rings is 1. The van der Waals surface area contributed by atoms with Crippen molar-refractivity contribution in [2.24, 2.45) is 0 Å². The number of fused-ring (bicyclic) bond motifs is 1. The molecular weight excluding hydrogens is 479 g/mol. The number of piperazine rings is 1. The Morgan fingerprint density at radius 2 is 1.91 bits per heavy atom. The maximum atomic E-state index is 13.2. The van der Waals surface area contributed by atoms with E-state index in [1.807, 2.05) is 0 Å². The third kappa shape index (κ3) is 4.42. The summed E-state index contributed by atoms with van der Waals surface area (Å²) in [5.74, 6) is -0.819. The first-order valence-corrected chi connectivity index (χ1v) is 12.4. The van der Waals surface area contributed by atoms with Gasteiger partial charge in [-0.05, 0) is 29.8 Å².